The minimum atomic E-state index is 0.143. The SMILES string of the molecule is CCN(Cc1ccccc1C)C(=O)C1CCNC1C. The van der Waals surface area contributed by atoms with Gasteiger partial charge in [-0.1, -0.05) is 24.3 Å². The lowest BCUT2D eigenvalue weighted by Crippen LogP contribution is -2.39. The first-order valence-electron chi connectivity index (χ1n) is 7.20. The first-order valence-corrected chi connectivity index (χ1v) is 7.20. The van der Waals surface area contributed by atoms with Crippen molar-refractivity contribution >= 4 is 5.91 Å². The molecule has 104 valence electrons. The average Bonchev–Trinajstić information content (AvgIpc) is 2.83. The Balaban J connectivity index is 2.08. The van der Waals surface area contributed by atoms with E-state index in [0.717, 1.165) is 26.1 Å². The molecule has 2 unspecified atom stereocenters. The van der Waals surface area contributed by atoms with Crippen molar-refractivity contribution in [1.29, 1.82) is 0 Å². The molecule has 0 bridgehead atoms. The van der Waals surface area contributed by atoms with Gasteiger partial charge in [0.25, 0.3) is 0 Å². The molecule has 1 heterocycles. The fraction of sp³-hybridized carbons (Fsp3) is 0.562. The van der Waals surface area contributed by atoms with Gasteiger partial charge >= 0.3 is 0 Å². The van der Waals surface area contributed by atoms with Crippen molar-refractivity contribution < 1.29 is 4.79 Å². The first-order chi connectivity index (χ1) is 9.13. The molecule has 1 aliphatic heterocycles. The smallest absolute Gasteiger partial charge is 0.227 e. The van der Waals surface area contributed by atoms with Crippen LogP contribution >= 0.6 is 0 Å². The second-order valence-electron chi connectivity index (χ2n) is 5.42. The van der Waals surface area contributed by atoms with Crippen LogP contribution in [-0.2, 0) is 11.3 Å². The molecule has 1 aromatic carbocycles. The molecule has 0 saturated carbocycles. The molecule has 2 rings (SSSR count). The number of amides is 1. The molecule has 1 fully saturated rings. The predicted octanol–water partition coefficient (Wildman–Crippen LogP) is 2.34. The van der Waals surface area contributed by atoms with Gasteiger partial charge in [0, 0.05) is 19.1 Å². The van der Waals surface area contributed by atoms with Crippen LogP contribution < -0.4 is 5.32 Å². The molecular formula is C16H24N2O. The van der Waals surface area contributed by atoms with Gasteiger partial charge in [-0.2, -0.15) is 0 Å². The average molecular weight is 260 g/mol. The zero-order valence-corrected chi connectivity index (χ0v) is 12.1. The van der Waals surface area contributed by atoms with Crippen LogP contribution in [0, 0.1) is 12.8 Å². The molecule has 0 aliphatic carbocycles. The van der Waals surface area contributed by atoms with Crippen LogP contribution in [0.5, 0.6) is 0 Å². The fourth-order valence-corrected chi connectivity index (χ4v) is 2.77. The van der Waals surface area contributed by atoms with E-state index in [1.54, 1.807) is 0 Å². The Morgan fingerprint density at radius 2 is 2.16 bits per heavy atom. The summed E-state index contributed by atoms with van der Waals surface area (Å²) in [5.74, 6) is 0.437. The maximum Gasteiger partial charge on any atom is 0.227 e. The molecule has 1 N–H and O–H groups in total. The van der Waals surface area contributed by atoms with E-state index in [0.29, 0.717) is 11.9 Å². The lowest BCUT2D eigenvalue weighted by molar-refractivity contribution is -0.136. The van der Waals surface area contributed by atoms with Crippen molar-refractivity contribution in [3.05, 3.63) is 35.4 Å². The quantitative estimate of drug-likeness (QED) is 0.901. The summed E-state index contributed by atoms with van der Waals surface area (Å²) in [5.41, 5.74) is 2.50. The van der Waals surface area contributed by atoms with Crippen LogP contribution in [0.3, 0.4) is 0 Å². The van der Waals surface area contributed by atoms with Gasteiger partial charge in [0.15, 0.2) is 0 Å². The molecule has 3 nitrogen and oxygen atoms in total. The summed E-state index contributed by atoms with van der Waals surface area (Å²) >= 11 is 0. The normalized spacial score (nSPS) is 22.5. The van der Waals surface area contributed by atoms with Gasteiger partial charge < -0.3 is 10.2 Å². The number of hydrogen-bond acceptors (Lipinski definition) is 2. The summed E-state index contributed by atoms with van der Waals surface area (Å²) in [7, 11) is 0. The van der Waals surface area contributed by atoms with Gasteiger partial charge in [-0.3, -0.25) is 4.79 Å². The summed E-state index contributed by atoms with van der Waals surface area (Å²) in [6, 6.07) is 8.60. The third kappa shape index (κ3) is 3.16. The van der Waals surface area contributed by atoms with E-state index in [1.807, 2.05) is 17.0 Å². The van der Waals surface area contributed by atoms with Crippen molar-refractivity contribution in [2.45, 2.75) is 39.8 Å². The van der Waals surface area contributed by atoms with Crippen molar-refractivity contribution in [3.8, 4) is 0 Å². The summed E-state index contributed by atoms with van der Waals surface area (Å²) in [5, 5.41) is 3.36. The van der Waals surface area contributed by atoms with Crippen molar-refractivity contribution in [3.63, 3.8) is 0 Å². The van der Waals surface area contributed by atoms with Crippen LogP contribution in [-0.4, -0.2) is 29.9 Å². The molecule has 0 aromatic heterocycles. The zero-order valence-electron chi connectivity index (χ0n) is 12.1. The summed E-state index contributed by atoms with van der Waals surface area (Å²) in [4.78, 5) is 14.6. The second kappa shape index (κ2) is 6.20. The monoisotopic (exact) mass is 260 g/mol. The number of carbonyl (C=O) groups is 1. The molecule has 0 spiro atoms. The first kappa shape index (κ1) is 14.1. The highest BCUT2D eigenvalue weighted by Crippen LogP contribution is 2.20. The minimum Gasteiger partial charge on any atom is -0.338 e. The number of benzene rings is 1. The number of carbonyl (C=O) groups excluding carboxylic acids is 1. The fourth-order valence-electron chi connectivity index (χ4n) is 2.77. The van der Waals surface area contributed by atoms with Crippen molar-refractivity contribution in [2.24, 2.45) is 5.92 Å². The van der Waals surface area contributed by atoms with Gasteiger partial charge in [-0.25, -0.2) is 0 Å². The maximum absolute atomic E-state index is 12.6. The van der Waals surface area contributed by atoms with E-state index in [-0.39, 0.29) is 5.92 Å². The Kier molecular flexibility index (Phi) is 4.59. The Morgan fingerprint density at radius 3 is 2.74 bits per heavy atom. The third-order valence-corrected chi connectivity index (χ3v) is 4.16. The number of nitrogens with zero attached hydrogens (tertiary/aromatic N) is 1. The van der Waals surface area contributed by atoms with Crippen molar-refractivity contribution in [2.75, 3.05) is 13.1 Å². The van der Waals surface area contributed by atoms with Gasteiger partial charge in [0.1, 0.15) is 0 Å². The van der Waals surface area contributed by atoms with Crippen molar-refractivity contribution in [1.82, 2.24) is 10.2 Å². The second-order valence-corrected chi connectivity index (χ2v) is 5.42. The topological polar surface area (TPSA) is 32.3 Å². The van der Waals surface area contributed by atoms with E-state index in [4.69, 9.17) is 0 Å². The van der Waals surface area contributed by atoms with Crippen LogP contribution in [0.25, 0.3) is 0 Å². The Bertz CT molecular complexity index is 444. The van der Waals surface area contributed by atoms with Crippen LogP contribution in [0.2, 0.25) is 0 Å². The Labute approximate surface area is 116 Å². The summed E-state index contributed by atoms with van der Waals surface area (Å²) in [6.07, 6.45) is 0.963. The van der Waals surface area contributed by atoms with Gasteiger partial charge in [0.2, 0.25) is 5.91 Å². The standard InChI is InChI=1S/C16H24N2O/c1-4-18(11-14-8-6-5-7-12(14)2)16(19)15-9-10-17-13(15)3/h5-8,13,15,17H,4,9-11H2,1-3H3. The van der Waals surface area contributed by atoms with E-state index >= 15 is 0 Å². The lowest BCUT2D eigenvalue weighted by atomic mass is 9.99. The molecular weight excluding hydrogens is 236 g/mol. The summed E-state index contributed by atoms with van der Waals surface area (Å²) in [6.45, 7) is 8.73. The minimum absolute atomic E-state index is 0.143. The number of hydrogen-bond donors (Lipinski definition) is 1. The van der Waals surface area contributed by atoms with E-state index in [9.17, 15) is 4.79 Å². The molecule has 3 heteroatoms. The van der Waals surface area contributed by atoms with Crippen LogP contribution in [0.4, 0.5) is 0 Å². The predicted molar refractivity (Wildman–Crippen MR) is 77.8 cm³/mol. The molecule has 1 aliphatic rings. The van der Waals surface area contributed by atoms with Gasteiger partial charge in [-0.15, -0.1) is 0 Å². The number of rotatable bonds is 4. The maximum atomic E-state index is 12.6. The molecule has 2 atom stereocenters. The number of aryl methyl sites for hydroxylation is 1. The van der Waals surface area contributed by atoms with Gasteiger partial charge in [0.05, 0.1) is 5.92 Å². The number of nitrogens with one attached hydrogen (secondary N) is 1. The lowest BCUT2D eigenvalue weighted by Gasteiger charge is -2.26. The molecule has 0 radical (unpaired) electrons. The Hall–Kier alpha value is -1.35. The highest BCUT2D eigenvalue weighted by molar-refractivity contribution is 5.80. The van der Waals surface area contributed by atoms with Gasteiger partial charge in [-0.05, 0) is 44.9 Å². The van der Waals surface area contributed by atoms with E-state index in [2.05, 4.69) is 38.2 Å². The largest absolute Gasteiger partial charge is 0.338 e. The molecule has 19 heavy (non-hydrogen) atoms. The third-order valence-electron chi connectivity index (χ3n) is 4.16. The molecule has 1 aromatic rings. The zero-order chi connectivity index (χ0) is 13.8. The van der Waals surface area contributed by atoms with E-state index in [1.165, 1.54) is 11.1 Å². The van der Waals surface area contributed by atoms with Crippen LogP contribution in [0.1, 0.15) is 31.4 Å². The highest BCUT2D eigenvalue weighted by atomic mass is 16.2. The van der Waals surface area contributed by atoms with E-state index < -0.39 is 0 Å². The highest BCUT2D eigenvalue weighted by Gasteiger charge is 2.32. The molecule has 1 amide bonds. The summed E-state index contributed by atoms with van der Waals surface area (Å²) < 4.78 is 0. The molecule has 1 saturated heterocycles. The van der Waals surface area contributed by atoms with Crippen LogP contribution in [0.15, 0.2) is 24.3 Å². The Morgan fingerprint density at radius 1 is 1.42 bits per heavy atom.